The molecule has 1 aromatic carbocycles. The second-order valence-corrected chi connectivity index (χ2v) is 8.06. The van der Waals surface area contributed by atoms with Gasteiger partial charge in [0.2, 0.25) is 5.95 Å². The lowest BCUT2D eigenvalue weighted by Gasteiger charge is -2.13. The molecule has 0 radical (unpaired) electrons. The normalized spacial score (nSPS) is 21.4. The molecular weight excluding hydrogens is 368 g/mol. The number of nitriles is 1. The lowest BCUT2D eigenvalue weighted by molar-refractivity contribution is 0.167. The average molecular weight is 390 g/mol. The van der Waals surface area contributed by atoms with E-state index in [1.165, 1.54) is 0 Å². The molecule has 2 atom stereocenters. The van der Waals surface area contributed by atoms with Crippen molar-refractivity contribution in [1.29, 1.82) is 5.26 Å². The number of ether oxygens (including phenoxy) is 1. The maximum atomic E-state index is 13.0. The summed E-state index contributed by atoms with van der Waals surface area (Å²) in [5.41, 5.74) is 3.71. The van der Waals surface area contributed by atoms with Crippen LogP contribution >= 0.6 is 0 Å². The number of hydrogen-bond donors (Lipinski definition) is 1. The number of imidazole rings is 1. The number of aryl methyl sites for hydroxylation is 2. The first-order valence-corrected chi connectivity index (χ1v) is 9.84. The number of nitrogens with zero attached hydrogens (tertiary/aromatic N) is 5. The van der Waals surface area contributed by atoms with E-state index in [-0.39, 0.29) is 11.7 Å². The third-order valence-corrected chi connectivity index (χ3v) is 6.28. The van der Waals surface area contributed by atoms with Gasteiger partial charge in [0, 0.05) is 32.0 Å². The molecule has 1 aliphatic carbocycles. The summed E-state index contributed by atoms with van der Waals surface area (Å²) in [5.74, 6) is 1.50. The second-order valence-electron chi connectivity index (χ2n) is 8.06. The molecule has 8 heteroatoms. The van der Waals surface area contributed by atoms with Crippen molar-refractivity contribution in [1.82, 2.24) is 19.1 Å². The van der Waals surface area contributed by atoms with E-state index in [0.29, 0.717) is 29.0 Å². The van der Waals surface area contributed by atoms with Gasteiger partial charge in [-0.05, 0) is 55.4 Å². The maximum absolute atomic E-state index is 13.0. The van der Waals surface area contributed by atoms with Crippen LogP contribution in [-0.4, -0.2) is 32.3 Å². The molecule has 29 heavy (non-hydrogen) atoms. The number of anilines is 2. The molecule has 3 heterocycles. The quantitative estimate of drug-likeness (QED) is 0.738. The lowest BCUT2D eigenvalue weighted by atomic mass is 10.0. The minimum atomic E-state index is -0.0492. The first-order chi connectivity index (χ1) is 14.0. The Balaban J connectivity index is 1.53. The number of aromatic nitrogens is 4. The summed E-state index contributed by atoms with van der Waals surface area (Å²) in [5, 5.41) is 12.3. The monoisotopic (exact) mass is 390 g/mol. The summed E-state index contributed by atoms with van der Waals surface area (Å²) >= 11 is 0. The zero-order chi connectivity index (χ0) is 20.1. The Hall–Kier alpha value is -3.18. The topological polar surface area (TPSA) is 97.8 Å². The van der Waals surface area contributed by atoms with Gasteiger partial charge in [-0.25, -0.2) is 9.78 Å². The van der Waals surface area contributed by atoms with Crippen LogP contribution in [0.1, 0.15) is 30.0 Å². The van der Waals surface area contributed by atoms with Crippen LogP contribution in [0, 0.1) is 30.1 Å². The fraction of sp³-hybridized carbons (Fsp3) is 0.429. The van der Waals surface area contributed by atoms with Gasteiger partial charge in [0.05, 0.1) is 17.8 Å². The highest BCUT2D eigenvalue weighted by atomic mass is 16.5. The molecule has 1 aliphatic heterocycles. The van der Waals surface area contributed by atoms with Gasteiger partial charge in [0.25, 0.3) is 0 Å². The SMILES string of the molecule is Cc1cc(C#N)ccc1Nc1ncc2c(n1)n(C1C[C@@H]3COC[C@H]3C1)c(=O)n2C. The van der Waals surface area contributed by atoms with Gasteiger partial charge >= 0.3 is 5.69 Å². The van der Waals surface area contributed by atoms with Gasteiger partial charge in [0.1, 0.15) is 5.52 Å². The standard InChI is InChI=1S/C21H22N6O2/c1-12-5-13(8-22)3-4-17(12)24-20-23-9-18-19(25-20)27(21(28)26(18)2)16-6-14-10-29-11-15(14)7-16/h3-5,9,14-16H,6-7,10-11H2,1-2H3,(H,23,24,25)/t14-,15-/m1/s1. The molecule has 2 aromatic heterocycles. The zero-order valence-corrected chi connectivity index (χ0v) is 16.4. The molecule has 0 bridgehead atoms. The van der Waals surface area contributed by atoms with Crippen LogP contribution in [-0.2, 0) is 11.8 Å². The molecule has 8 nitrogen and oxygen atoms in total. The van der Waals surface area contributed by atoms with Gasteiger partial charge in [-0.15, -0.1) is 0 Å². The van der Waals surface area contributed by atoms with Crippen molar-refractivity contribution < 1.29 is 4.74 Å². The molecule has 0 unspecified atom stereocenters. The number of rotatable bonds is 3. The van der Waals surface area contributed by atoms with E-state index in [4.69, 9.17) is 15.0 Å². The molecule has 1 N–H and O–H groups in total. The summed E-state index contributed by atoms with van der Waals surface area (Å²) in [4.78, 5) is 22.1. The largest absolute Gasteiger partial charge is 0.381 e. The van der Waals surface area contributed by atoms with Crippen molar-refractivity contribution in [3.8, 4) is 6.07 Å². The van der Waals surface area contributed by atoms with E-state index in [1.54, 1.807) is 23.9 Å². The van der Waals surface area contributed by atoms with Crippen LogP contribution in [0.25, 0.3) is 11.2 Å². The summed E-state index contributed by atoms with van der Waals surface area (Å²) in [7, 11) is 1.77. The van der Waals surface area contributed by atoms with Crippen LogP contribution in [0.4, 0.5) is 11.6 Å². The zero-order valence-electron chi connectivity index (χ0n) is 16.4. The number of hydrogen-bond acceptors (Lipinski definition) is 6. The summed E-state index contributed by atoms with van der Waals surface area (Å²) in [6.45, 7) is 3.51. The Morgan fingerprint density at radius 1 is 1.28 bits per heavy atom. The third-order valence-electron chi connectivity index (χ3n) is 6.28. The number of nitrogens with one attached hydrogen (secondary N) is 1. The molecule has 0 amide bonds. The van der Waals surface area contributed by atoms with Gasteiger partial charge in [-0.1, -0.05) is 0 Å². The van der Waals surface area contributed by atoms with E-state index >= 15 is 0 Å². The molecular formula is C21H22N6O2. The van der Waals surface area contributed by atoms with Gasteiger partial charge in [-0.2, -0.15) is 10.2 Å². The summed E-state index contributed by atoms with van der Waals surface area (Å²) < 4.78 is 9.04. The van der Waals surface area contributed by atoms with Crippen molar-refractivity contribution in [2.45, 2.75) is 25.8 Å². The van der Waals surface area contributed by atoms with E-state index in [1.807, 2.05) is 23.6 Å². The van der Waals surface area contributed by atoms with Gasteiger partial charge < -0.3 is 10.1 Å². The summed E-state index contributed by atoms with van der Waals surface area (Å²) in [6.07, 6.45) is 3.59. The van der Waals surface area contributed by atoms with E-state index < -0.39 is 0 Å². The Morgan fingerprint density at radius 2 is 2.03 bits per heavy atom. The number of benzene rings is 1. The maximum Gasteiger partial charge on any atom is 0.330 e. The predicted octanol–water partition coefficient (Wildman–Crippen LogP) is 2.65. The highest BCUT2D eigenvalue weighted by molar-refractivity contribution is 5.73. The Morgan fingerprint density at radius 3 is 2.72 bits per heavy atom. The predicted molar refractivity (Wildman–Crippen MR) is 108 cm³/mol. The van der Waals surface area contributed by atoms with Gasteiger partial charge in [0.15, 0.2) is 5.65 Å². The molecule has 0 spiro atoms. The highest BCUT2D eigenvalue weighted by Gasteiger charge is 2.40. The van der Waals surface area contributed by atoms with Crippen LogP contribution in [0.2, 0.25) is 0 Å². The fourth-order valence-electron chi connectivity index (χ4n) is 4.69. The van der Waals surface area contributed by atoms with Crippen molar-refractivity contribution in [2.24, 2.45) is 18.9 Å². The van der Waals surface area contributed by atoms with Crippen molar-refractivity contribution in [2.75, 3.05) is 18.5 Å². The van der Waals surface area contributed by atoms with Crippen LogP contribution < -0.4 is 11.0 Å². The lowest BCUT2D eigenvalue weighted by Crippen LogP contribution is -2.25. The van der Waals surface area contributed by atoms with Crippen molar-refractivity contribution >= 4 is 22.8 Å². The molecule has 148 valence electrons. The molecule has 1 saturated heterocycles. The average Bonchev–Trinajstić information content (AvgIpc) is 3.37. The molecule has 5 rings (SSSR count). The van der Waals surface area contributed by atoms with Crippen LogP contribution in [0.5, 0.6) is 0 Å². The minimum Gasteiger partial charge on any atom is -0.381 e. The smallest absolute Gasteiger partial charge is 0.330 e. The highest BCUT2D eigenvalue weighted by Crippen LogP contribution is 2.43. The fourth-order valence-corrected chi connectivity index (χ4v) is 4.69. The third kappa shape index (κ3) is 2.89. The van der Waals surface area contributed by atoms with Crippen LogP contribution in [0.3, 0.4) is 0 Å². The Labute approximate surface area is 167 Å². The first-order valence-electron chi connectivity index (χ1n) is 9.84. The van der Waals surface area contributed by atoms with Crippen LogP contribution in [0.15, 0.2) is 29.2 Å². The molecule has 2 fully saturated rings. The van der Waals surface area contributed by atoms with E-state index in [0.717, 1.165) is 42.8 Å². The molecule has 1 saturated carbocycles. The van der Waals surface area contributed by atoms with Crippen molar-refractivity contribution in [3.05, 3.63) is 46.0 Å². The Bertz CT molecular complexity index is 1190. The number of fused-ring (bicyclic) bond motifs is 2. The summed E-state index contributed by atoms with van der Waals surface area (Å²) in [6, 6.07) is 7.70. The molecule has 3 aromatic rings. The van der Waals surface area contributed by atoms with Gasteiger partial charge in [-0.3, -0.25) is 9.13 Å². The first kappa shape index (κ1) is 17.9. The van der Waals surface area contributed by atoms with Crippen molar-refractivity contribution in [3.63, 3.8) is 0 Å². The van der Waals surface area contributed by atoms with E-state index in [2.05, 4.69) is 16.4 Å². The Kier molecular flexibility index (Phi) is 4.14. The van der Waals surface area contributed by atoms with E-state index in [9.17, 15) is 4.79 Å². The minimum absolute atomic E-state index is 0.0492. The molecule has 2 aliphatic rings. The second kappa shape index (κ2) is 6.71.